The second kappa shape index (κ2) is 7.94. The van der Waals surface area contributed by atoms with Gasteiger partial charge in [-0.05, 0) is 24.3 Å². The molecule has 1 aromatic carbocycles. The van der Waals surface area contributed by atoms with Crippen LogP contribution >= 0.6 is 0 Å². The molecule has 6 aromatic rings. The molecule has 0 aliphatic carbocycles. The highest BCUT2D eigenvalue weighted by Gasteiger charge is 2.22. The van der Waals surface area contributed by atoms with Gasteiger partial charge in [0.25, 0.3) is 0 Å². The molecule has 0 saturated carbocycles. The smallest absolute Gasteiger partial charge is 0.159 e. The van der Waals surface area contributed by atoms with Crippen molar-refractivity contribution in [1.29, 1.82) is 0 Å². The summed E-state index contributed by atoms with van der Waals surface area (Å²) >= 11 is 0. The maximum absolute atomic E-state index is 15.9. The first kappa shape index (κ1) is 20.8. The Balaban J connectivity index is 1.53. The van der Waals surface area contributed by atoms with Gasteiger partial charge in [0.15, 0.2) is 11.5 Å². The van der Waals surface area contributed by atoms with E-state index in [1.807, 2.05) is 25.1 Å². The highest BCUT2D eigenvalue weighted by molar-refractivity contribution is 5.96. The average molecular weight is 468 g/mol. The van der Waals surface area contributed by atoms with Gasteiger partial charge in [0.2, 0.25) is 0 Å². The molecule has 0 unspecified atom stereocenters. The molecule has 8 nitrogen and oxygen atoms in total. The Bertz CT molecular complexity index is 1720. The number of pyridine rings is 3. The van der Waals surface area contributed by atoms with Crippen molar-refractivity contribution in [3.63, 3.8) is 0 Å². The van der Waals surface area contributed by atoms with Crippen molar-refractivity contribution < 1.29 is 8.78 Å². The molecule has 0 amide bonds. The maximum Gasteiger partial charge on any atom is 0.159 e. The molecule has 0 bridgehead atoms. The fraction of sp³-hybridized carbons (Fsp3) is 0.0800. The number of halogens is 2. The number of aromatic nitrogens is 7. The lowest BCUT2D eigenvalue weighted by Crippen LogP contribution is -2.08. The topological polar surface area (TPSA) is 99.3 Å². The number of anilines is 1. The summed E-state index contributed by atoms with van der Waals surface area (Å²) in [5.41, 5.74) is 4.05. The Kier molecular flexibility index (Phi) is 4.73. The normalized spacial score (nSPS) is 11.4. The molecule has 172 valence electrons. The van der Waals surface area contributed by atoms with Crippen molar-refractivity contribution >= 4 is 27.8 Å². The SMILES string of the molecule is CN(C)c1cncc(-c2cnc3[nH]nc(-c4nc5c(-c6ccccc6F)nccc5[nH]4)c3c2F)c1. The molecule has 5 aromatic heterocycles. The number of benzene rings is 1. The van der Waals surface area contributed by atoms with Crippen LogP contribution in [0.25, 0.3) is 56.0 Å². The molecule has 5 heterocycles. The molecular formula is C25H18F2N8. The lowest BCUT2D eigenvalue weighted by molar-refractivity contribution is 0.631. The van der Waals surface area contributed by atoms with Gasteiger partial charge in [-0.15, -0.1) is 0 Å². The second-order valence-corrected chi connectivity index (χ2v) is 8.23. The van der Waals surface area contributed by atoms with Gasteiger partial charge in [-0.25, -0.2) is 18.7 Å². The molecule has 0 atom stereocenters. The van der Waals surface area contributed by atoms with E-state index in [9.17, 15) is 4.39 Å². The number of aromatic amines is 2. The maximum atomic E-state index is 15.9. The fourth-order valence-electron chi connectivity index (χ4n) is 4.04. The average Bonchev–Trinajstić information content (AvgIpc) is 3.49. The summed E-state index contributed by atoms with van der Waals surface area (Å²) < 4.78 is 30.3. The van der Waals surface area contributed by atoms with Crippen molar-refractivity contribution in [2.45, 2.75) is 0 Å². The van der Waals surface area contributed by atoms with E-state index in [1.165, 1.54) is 12.3 Å². The van der Waals surface area contributed by atoms with E-state index in [1.54, 1.807) is 42.9 Å². The van der Waals surface area contributed by atoms with E-state index < -0.39 is 11.6 Å². The molecule has 6 rings (SSSR count). The standard InChI is InChI=1S/C25H18F2N8/c1-35(2)14-9-13(10-28-11-14)16-12-30-24-19(20(16)27)23(33-34-24)25-31-18-7-8-29-21(22(18)32-25)15-5-3-4-6-17(15)26/h3-12H,1-2H3,(H,31,32)(H,30,33,34). The number of nitrogens with one attached hydrogen (secondary N) is 2. The van der Waals surface area contributed by atoms with Gasteiger partial charge in [0.1, 0.15) is 28.5 Å². The highest BCUT2D eigenvalue weighted by Crippen LogP contribution is 2.34. The Morgan fingerprint density at radius 2 is 1.77 bits per heavy atom. The lowest BCUT2D eigenvalue weighted by Gasteiger charge is -2.13. The third kappa shape index (κ3) is 3.38. The molecule has 10 heteroatoms. The largest absolute Gasteiger partial charge is 0.376 e. The fourth-order valence-corrected chi connectivity index (χ4v) is 4.04. The minimum Gasteiger partial charge on any atom is -0.376 e. The van der Waals surface area contributed by atoms with Crippen LogP contribution < -0.4 is 4.90 Å². The molecule has 0 radical (unpaired) electrons. The quantitative estimate of drug-likeness (QED) is 0.379. The summed E-state index contributed by atoms with van der Waals surface area (Å²) in [4.78, 5) is 22.6. The third-order valence-electron chi connectivity index (χ3n) is 5.83. The van der Waals surface area contributed by atoms with Crippen LogP contribution in [0.15, 0.2) is 61.2 Å². The Morgan fingerprint density at radius 1 is 0.914 bits per heavy atom. The summed E-state index contributed by atoms with van der Waals surface area (Å²) in [5, 5.41) is 7.25. The van der Waals surface area contributed by atoms with Crippen molar-refractivity contribution in [3.8, 4) is 33.9 Å². The van der Waals surface area contributed by atoms with Crippen LogP contribution in [-0.2, 0) is 0 Å². The van der Waals surface area contributed by atoms with Crippen LogP contribution in [0.2, 0.25) is 0 Å². The number of H-pyrrole nitrogens is 2. The van der Waals surface area contributed by atoms with Crippen LogP contribution in [0.3, 0.4) is 0 Å². The van der Waals surface area contributed by atoms with Crippen molar-refractivity contribution in [2.75, 3.05) is 19.0 Å². The molecule has 0 aliphatic heterocycles. The lowest BCUT2D eigenvalue weighted by atomic mass is 10.1. The predicted molar refractivity (Wildman–Crippen MR) is 130 cm³/mol. The molecule has 2 N–H and O–H groups in total. The zero-order chi connectivity index (χ0) is 24.1. The summed E-state index contributed by atoms with van der Waals surface area (Å²) in [7, 11) is 3.78. The number of fused-ring (bicyclic) bond motifs is 2. The van der Waals surface area contributed by atoms with Crippen LogP contribution in [0, 0.1) is 11.6 Å². The van der Waals surface area contributed by atoms with Crippen molar-refractivity contribution in [1.82, 2.24) is 35.1 Å². The van der Waals surface area contributed by atoms with Gasteiger partial charge >= 0.3 is 0 Å². The molecule has 0 saturated heterocycles. The number of rotatable bonds is 4. The Morgan fingerprint density at radius 3 is 2.60 bits per heavy atom. The molecule has 0 spiro atoms. The van der Waals surface area contributed by atoms with E-state index in [0.29, 0.717) is 39.2 Å². The van der Waals surface area contributed by atoms with E-state index >= 15 is 4.39 Å². The molecular weight excluding hydrogens is 450 g/mol. The van der Waals surface area contributed by atoms with E-state index in [4.69, 9.17) is 0 Å². The first-order valence-corrected chi connectivity index (χ1v) is 10.8. The van der Waals surface area contributed by atoms with Gasteiger partial charge in [0.05, 0.1) is 22.8 Å². The van der Waals surface area contributed by atoms with E-state index in [-0.39, 0.29) is 16.7 Å². The summed E-state index contributed by atoms with van der Waals surface area (Å²) in [6.07, 6.45) is 6.31. The van der Waals surface area contributed by atoms with Crippen molar-refractivity contribution in [3.05, 3.63) is 72.8 Å². The van der Waals surface area contributed by atoms with Gasteiger partial charge < -0.3 is 9.88 Å². The van der Waals surface area contributed by atoms with Crippen LogP contribution in [0.1, 0.15) is 0 Å². The van der Waals surface area contributed by atoms with Crippen LogP contribution in [0.4, 0.5) is 14.5 Å². The monoisotopic (exact) mass is 468 g/mol. The van der Waals surface area contributed by atoms with Crippen LogP contribution in [-0.4, -0.2) is 49.2 Å². The third-order valence-corrected chi connectivity index (χ3v) is 5.83. The van der Waals surface area contributed by atoms with E-state index in [2.05, 4.69) is 35.1 Å². The van der Waals surface area contributed by atoms with Crippen LogP contribution in [0.5, 0.6) is 0 Å². The molecule has 0 fully saturated rings. The number of hydrogen-bond donors (Lipinski definition) is 2. The Labute approximate surface area is 197 Å². The zero-order valence-electron chi connectivity index (χ0n) is 18.7. The first-order valence-electron chi connectivity index (χ1n) is 10.8. The minimum atomic E-state index is -0.496. The zero-order valence-corrected chi connectivity index (χ0v) is 18.7. The summed E-state index contributed by atoms with van der Waals surface area (Å²) in [6.45, 7) is 0. The second-order valence-electron chi connectivity index (χ2n) is 8.23. The van der Waals surface area contributed by atoms with Gasteiger partial charge in [-0.3, -0.25) is 15.1 Å². The molecule has 0 aliphatic rings. The van der Waals surface area contributed by atoms with Gasteiger partial charge in [0, 0.05) is 49.4 Å². The van der Waals surface area contributed by atoms with Gasteiger partial charge in [-0.1, -0.05) is 12.1 Å². The summed E-state index contributed by atoms with van der Waals surface area (Å²) in [5.74, 6) is -0.588. The Hall–Kier alpha value is -4.73. The highest BCUT2D eigenvalue weighted by atomic mass is 19.1. The van der Waals surface area contributed by atoms with Crippen molar-refractivity contribution in [2.24, 2.45) is 0 Å². The number of imidazole rings is 1. The van der Waals surface area contributed by atoms with E-state index in [0.717, 1.165) is 5.69 Å². The van der Waals surface area contributed by atoms with Gasteiger partial charge in [-0.2, -0.15) is 5.10 Å². The minimum absolute atomic E-state index is 0.192. The summed E-state index contributed by atoms with van der Waals surface area (Å²) in [6, 6.07) is 9.92. The number of hydrogen-bond acceptors (Lipinski definition) is 6. The predicted octanol–water partition coefficient (Wildman–Crippen LogP) is 4.97. The molecule has 35 heavy (non-hydrogen) atoms. The first-order chi connectivity index (χ1) is 17.0. The number of nitrogens with zero attached hydrogens (tertiary/aromatic N) is 6.